The second kappa shape index (κ2) is 14.4. The van der Waals surface area contributed by atoms with E-state index in [2.05, 4.69) is 240 Å². The van der Waals surface area contributed by atoms with Crippen LogP contribution in [0.5, 0.6) is 0 Å². The number of nitrogens with zero attached hydrogens (tertiary/aromatic N) is 2. The third-order valence-electron chi connectivity index (χ3n) is 10.8. The van der Waals surface area contributed by atoms with Gasteiger partial charge in [0.15, 0.2) is 0 Å². The Bertz CT molecular complexity index is 2910. The van der Waals surface area contributed by atoms with Crippen LogP contribution < -0.4 is 4.90 Å². The van der Waals surface area contributed by atoms with E-state index in [4.69, 9.17) is 0 Å². The first kappa shape index (κ1) is 33.2. The number of hydrogen-bond acceptors (Lipinski definition) is 1. The van der Waals surface area contributed by atoms with Gasteiger partial charge in [-0.1, -0.05) is 170 Å². The average molecular weight is 715 g/mol. The summed E-state index contributed by atoms with van der Waals surface area (Å²) in [6.07, 6.45) is 0. The molecule has 0 saturated carbocycles. The summed E-state index contributed by atoms with van der Waals surface area (Å²) in [5, 5.41) is 2.48. The Hall–Kier alpha value is -7.42. The summed E-state index contributed by atoms with van der Waals surface area (Å²) < 4.78 is 2.46. The zero-order valence-corrected chi connectivity index (χ0v) is 30.8. The summed E-state index contributed by atoms with van der Waals surface area (Å²) in [6.45, 7) is 0. The van der Waals surface area contributed by atoms with Crippen molar-refractivity contribution in [2.45, 2.75) is 0 Å². The van der Waals surface area contributed by atoms with E-state index in [1.807, 2.05) is 0 Å². The number of aromatic nitrogens is 1. The minimum absolute atomic E-state index is 1.11. The molecule has 56 heavy (non-hydrogen) atoms. The molecule has 1 heterocycles. The molecule has 0 fully saturated rings. The van der Waals surface area contributed by atoms with Crippen LogP contribution in [-0.4, -0.2) is 4.57 Å². The number of rotatable bonds is 8. The lowest BCUT2D eigenvalue weighted by Gasteiger charge is -2.25. The molecule has 0 spiro atoms. The molecule has 0 N–H and O–H groups in total. The van der Waals surface area contributed by atoms with Gasteiger partial charge in [-0.25, -0.2) is 0 Å². The van der Waals surface area contributed by atoms with Crippen molar-refractivity contribution in [1.82, 2.24) is 4.57 Å². The quantitative estimate of drug-likeness (QED) is 0.152. The number of anilines is 3. The van der Waals surface area contributed by atoms with Gasteiger partial charge in [0.05, 0.1) is 16.7 Å². The van der Waals surface area contributed by atoms with Gasteiger partial charge in [0, 0.05) is 33.4 Å². The van der Waals surface area contributed by atoms with Crippen molar-refractivity contribution in [1.29, 1.82) is 0 Å². The Morgan fingerprint density at radius 2 is 0.750 bits per heavy atom. The fraction of sp³-hybridized carbons (Fsp3) is 0. The van der Waals surface area contributed by atoms with E-state index in [-0.39, 0.29) is 0 Å². The Balaban J connectivity index is 1.09. The summed E-state index contributed by atoms with van der Waals surface area (Å²) in [5.74, 6) is 0. The first-order valence-corrected chi connectivity index (χ1v) is 19.2. The number of fused-ring (bicyclic) bond motifs is 3. The minimum Gasteiger partial charge on any atom is -0.311 e. The van der Waals surface area contributed by atoms with Crippen LogP contribution in [0.2, 0.25) is 0 Å². The van der Waals surface area contributed by atoms with E-state index >= 15 is 0 Å². The maximum atomic E-state index is 2.46. The highest BCUT2D eigenvalue weighted by Gasteiger charge is 2.18. The minimum atomic E-state index is 1.11. The van der Waals surface area contributed by atoms with Gasteiger partial charge in [-0.15, -0.1) is 0 Å². The average Bonchev–Trinajstić information content (AvgIpc) is 3.61. The third kappa shape index (κ3) is 6.04. The lowest BCUT2D eigenvalue weighted by molar-refractivity contribution is 1.18. The number of benzene rings is 9. The number of hydrogen-bond donors (Lipinski definition) is 0. The summed E-state index contributed by atoms with van der Waals surface area (Å²) in [5.41, 5.74) is 16.5. The predicted molar refractivity (Wildman–Crippen MR) is 237 cm³/mol. The second-order valence-electron chi connectivity index (χ2n) is 14.1. The van der Waals surface area contributed by atoms with Gasteiger partial charge in [-0.3, -0.25) is 0 Å². The van der Waals surface area contributed by atoms with Crippen molar-refractivity contribution in [3.8, 4) is 50.2 Å². The van der Waals surface area contributed by atoms with Gasteiger partial charge in [-0.2, -0.15) is 0 Å². The summed E-state index contributed by atoms with van der Waals surface area (Å²) in [7, 11) is 0. The third-order valence-corrected chi connectivity index (χ3v) is 10.8. The van der Waals surface area contributed by atoms with Gasteiger partial charge in [-0.05, 0) is 99.6 Å². The molecular weight excluding hydrogens is 677 g/mol. The van der Waals surface area contributed by atoms with Crippen LogP contribution in [0.15, 0.2) is 231 Å². The fourth-order valence-electron chi connectivity index (χ4n) is 8.19. The van der Waals surface area contributed by atoms with Crippen molar-refractivity contribution in [2.24, 2.45) is 0 Å². The monoisotopic (exact) mass is 714 g/mol. The van der Waals surface area contributed by atoms with Gasteiger partial charge in [0.25, 0.3) is 0 Å². The van der Waals surface area contributed by atoms with Crippen LogP contribution in [0.25, 0.3) is 72.0 Å². The lowest BCUT2D eigenvalue weighted by Crippen LogP contribution is -2.09. The molecule has 0 radical (unpaired) electrons. The summed E-state index contributed by atoms with van der Waals surface area (Å²) in [6, 6.07) is 83.0. The summed E-state index contributed by atoms with van der Waals surface area (Å²) in [4.78, 5) is 2.30. The maximum Gasteiger partial charge on any atom is 0.0547 e. The Morgan fingerprint density at radius 3 is 1.46 bits per heavy atom. The van der Waals surface area contributed by atoms with E-state index in [0.29, 0.717) is 0 Å². The zero-order valence-electron chi connectivity index (χ0n) is 30.8. The first-order valence-electron chi connectivity index (χ1n) is 19.2. The Kier molecular flexibility index (Phi) is 8.55. The molecule has 10 rings (SSSR count). The standard InChI is InChI=1S/C54H38N2/c1-4-17-39(18-5-1)41-19-16-20-42(37-41)49-27-12-14-29-52(49)56-53-30-15-13-28-50(53)51-36-33-43(38-54(51)56)48-26-11-10-25-47(48)40-31-34-46(35-32-40)55(44-21-6-2-7-22-44)45-23-8-3-9-24-45/h1-38H. The van der Waals surface area contributed by atoms with Gasteiger partial charge >= 0.3 is 0 Å². The molecule has 0 aliphatic heterocycles. The molecule has 0 saturated heterocycles. The van der Waals surface area contributed by atoms with Gasteiger partial charge < -0.3 is 9.47 Å². The highest BCUT2D eigenvalue weighted by Crippen LogP contribution is 2.41. The van der Waals surface area contributed by atoms with Crippen molar-refractivity contribution in [3.63, 3.8) is 0 Å². The zero-order chi connectivity index (χ0) is 37.3. The molecular formula is C54H38N2. The van der Waals surface area contributed by atoms with Crippen LogP contribution in [0.4, 0.5) is 17.1 Å². The fourth-order valence-corrected chi connectivity index (χ4v) is 8.19. The predicted octanol–water partition coefficient (Wildman–Crippen LogP) is 14.9. The molecule has 1 aromatic heterocycles. The molecule has 10 aromatic rings. The van der Waals surface area contributed by atoms with Crippen molar-refractivity contribution in [2.75, 3.05) is 4.90 Å². The largest absolute Gasteiger partial charge is 0.311 e. The molecule has 0 atom stereocenters. The van der Waals surface area contributed by atoms with Gasteiger partial charge in [0.2, 0.25) is 0 Å². The van der Waals surface area contributed by atoms with Crippen molar-refractivity contribution in [3.05, 3.63) is 231 Å². The molecule has 0 bridgehead atoms. The number of para-hydroxylation sites is 4. The van der Waals surface area contributed by atoms with E-state index in [1.165, 1.54) is 66.3 Å². The Labute approximate surface area is 327 Å². The maximum absolute atomic E-state index is 2.46. The van der Waals surface area contributed by atoms with E-state index in [1.54, 1.807) is 0 Å². The van der Waals surface area contributed by atoms with Crippen LogP contribution in [0.3, 0.4) is 0 Å². The van der Waals surface area contributed by atoms with E-state index in [9.17, 15) is 0 Å². The molecule has 0 aliphatic carbocycles. The van der Waals surface area contributed by atoms with Crippen LogP contribution in [0, 0.1) is 0 Å². The first-order chi connectivity index (χ1) is 27.8. The van der Waals surface area contributed by atoms with Crippen LogP contribution in [0.1, 0.15) is 0 Å². The highest BCUT2D eigenvalue weighted by molar-refractivity contribution is 6.11. The topological polar surface area (TPSA) is 8.17 Å². The van der Waals surface area contributed by atoms with Crippen LogP contribution in [-0.2, 0) is 0 Å². The normalized spacial score (nSPS) is 11.2. The second-order valence-corrected chi connectivity index (χ2v) is 14.1. The molecule has 2 nitrogen and oxygen atoms in total. The summed E-state index contributed by atoms with van der Waals surface area (Å²) >= 11 is 0. The Morgan fingerprint density at radius 1 is 0.268 bits per heavy atom. The smallest absolute Gasteiger partial charge is 0.0547 e. The van der Waals surface area contributed by atoms with Crippen molar-refractivity contribution < 1.29 is 0 Å². The highest BCUT2D eigenvalue weighted by atomic mass is 15.1. The molecule has 2 heteroatoms. The molecule has 0 amide bonds. The lowest BCUT2D eigenvalue weighted by atomic mass is 9.93. The molecule has 9 aromatic carbocycles. The van der Waals surface area contributed by atoms with Crippen molar-refractivity contribution >= 4 is 38.9 Å². The molecule has 0 aliphatic rings. The van der Waals surface area contributed by atoms with E-state index < -0.39 is 0 Å². The van der Waals surface area contributed by atoms with E-state index in [0.717, 1.165) is 22.7 Å². The van der Waals surface area contributed by atoms with Gasteiger partial charge in [0.1, 0.15) is 0 Å². The molecule has 264 valence electrons. The van der Waals surface area contributed by atoms with Crippen LogP contribution >= 0.6 is 0 Å². The SMILES string of the molecule is c1ccc(-c2cccc(-c3ccccc3-n3c4ccccc4c4ccc(-c5ccccc5-c5ccc(N(c6ccccc6)c6ccccc6)cc5)cc43)c2)cc1. The molecule has 0 unspecified atom stereocenters.